The molecule has 20 aromatic rings. The molecule has 7 nitrogen and oxygen atoms in total. The predicted molar refractivity (Wildman–Crippen MR) is 418 cm³/mol. The van der Waals surface area contributed by atoms with E-state index in [0.717, 1.165) is 78.9 Å². The van der Waals surface area contributed by atoms with Gasteiger partial charge in [-0.1, -0.05) is 206 Å². The minimum Gasteiger partial charge on any atom is -0.345 e. The maximum atomic E-state index is 2.56. The number of rotatable bonds is 9. The molecule has 1 aliphatic heterocycles. The second-order valence-corrected chi connectivity index (χ2v) is 26.4. The molecule has 0 unspecified atom stereocenters. The molecule has 0 atom stereocenters. The first-order valence-corrected chi connectivity index (χ1v) is 34.2. The van der Waals surface area contributed by atoms with Crippen LogP contribution in [0.4, 0.5) is 28.4 Å². The van der Waals surface area contributed by atoms with Crippen molar-refractivity contribution in [1.29, 1.82) is 0 Å². The summed E-state index contributed by atoms with van der Waals surface area (Å²) in [5, 5.41) is 12.2. The van der Waals surface area contributed by atoms with Crippen molar-refractivity contribution in [3.8, 4) is 28.4 Å². The topological polar surface area (TPSA) is 31.1 Å². The molecular formula is C91H60BN7. The minimum absolute atomic E-state index is 0.231. The lowest BCUT2D eigenvalue weighted by atomic mass is 9.34. The van der Waals surface area contributed by atoms with Gasteiger partial charge in [0.25, 0.3) is 0 Å². The summed E-state index contributed by atoms with van der Waals surface area (Å²) in [5.74, 6) is 0. The van der Waals surface area contributed by atoms with Crippen LogP contribution in [-0.2, 0) is 0 Å². The Labute approximate surface area is 571 Å². The van der Waals surface area contributed by atoms with Crippen LogP contribution in [0, 0.1) is 0 Å². The highest BCUT2D eigenvalue weighted by molar-refractivity contribution is 6.99. The zero-order valence-corrected chi connectivity index (χ0v) is 54.1. The number of anilines is 5. The summed E-state index contributed by atoms with van der Waals surface area (Å²) in [4.78, 5) is 4.98. The van der Waals surface area contributed by atoms with E-state index in [1.165, 1.54) is 103 Å². The van der Waals surface area contributed by atoms with Crippen molar-refractivity contribution in [2.45, 2.75) is 0 Å². The van der Waals surface area contributed by atoms with E-state index in [1.807, 2.05) is 0 Å². The van der Waals surface area contributed by atoms with Crippen LogP contribution in [0.2, 0.25) is 0 Å². The average molecular weight is 1260 g/mol. The quantitative estimate of drug-likeness (QED) is 0.135. The van der Waals surface area contributed by atoms with Crippen molar-refractivity contribution in [2.24, 2.45) is 0 Å². The van der Waals surface area contributed by atoms with Gasteiger partial charge in [-0.05, 0) is 157 Å². The van der Waals surface area contributed by atoms with Gasteiger partial charge in [0.15, 0.2) is 0 Å². The number of nitrogens with zero attached hydrogens (tertiary/aromatic N) is 7. The van der Waals surface area contributed by atoms with Crippen LogP contribution in [0.25, 0.3) is 137 Å². The van der Waals surface area contributed by atoms with Crippen molar-refractivity contribution in [3.05, 3.63) is 346 Å². The van der Waals surface area contributed by atoms with Crippen LogP contribution in [0.1, 0.15) is 0 Å². The maximum Gasteiger partial charge on any atom is 0.249 e. The lowest BCUT2D eigenvalue weighted by Crippen LogP contribution is -2.58. The molecule has 99 heavy (non-hydrogen) atoms. The fourth-order valence-electron chi connectivity index (χ4n) is 17.1. The van der Waals surface area contributed by atoms with Gasteiger partial charge in [0.2, 0.25) is 6.71 Å². The molecule has 0 N–H and O–H groups in total. The number of benzene rings is 15. The van der Waals surface area contributed by atoms with Crippen LogP contribution < -0.4 is 26.2 Å². The molecule has 0 radical (unpaired) electrons. The standard InChI is InChI=1S/C91H60BN7/c1-93(60-24-4-2-5-25-60)89-57-66(99-84-42-22-14-34-73(84)74-35-15-23-43-85(74)99)58-90-91(89)92(59-44-46-62(47-45-59)94-78-36-16-8-28-67(78)68-29-9-17-37-79(68)94)77-51-48-65(56-88(77)95(90)61-26-6-3-7-27-61)98-86-52-49-63(96-80-38-18-10-30-69(80)70-31-11-19-39-81(70)96)54-75(86)76-55-64(50-53-87(76)98)97-82-40-20-12-32-71(82)72-33-13-21-41-83(72)97/h2-58H,1H3. The third kappa shape index (κ3) is 8.14. The third-order valence-electron chi connectivity index (χ3n) is 21.3. The van der Waals surface area contributed by atoms with Gasteiger partial charge < -0.3 is 32.6 Å². The molecule has 5 aromatic heterocycles. The van der Waals surface area contributed by atoms with Gasteiger partial charge in [-0.2, -0.15) is 0 Å². The zero-order chi connectivity index (χ0) is 65.0. The van der Waals surface area contributed by atoms with E-state index in [9.17, 15) is 0 Å². The molecule has 15 aromatic carbocycles. The van der Waals surface area contributed by atoms with Gasteiger partial charge in [-0.3, -0.25) is 0 Å². The summed E-state index contributed by atoms with van der Waals surface area (Å²) in [5.41, 5.74) is 26.2. The number of fused-ring (bicyclic) bond motifs is 17. The predicted octanol–water partition coefficient (Wildman–Crippen LogP) is 21.2. The molecule has 0 aliphatic carbocycles. The molecule has 0 amide bonds. The van der Waals surface area contributed by atoms with Gasteiger partial charge in [0.1, 0.15) is 0 Å². The van der Waals surface area contributed by atoms with E-state index in [4.69, 9.17) is 0 Å². The van der Waals surface area contributed by atoms with Crippen molar-refractivity contribution >= 4 is 161 Å². The fraction of sp³-hybridized carbons (Fsp3) is 0.0110. The Balaban J connectivity index is 0.845. The van der Waals surface area contributed by atoms with E-state index >= 15 is 0 Å². The smallest absolute Gasteiger partial charge is 0.249 e. The normalized spacial score (nSPS) is 12.5. The first kappa shape index (κ1) is 55.3. The molecule has 21 rings (SSSR count). The highest BCUT2D eigenvalue weighted by Crippen LogP contribution is 2.46. The van der Waals surface area contributed by atoms with Crippen LogP contribution >= 0.6 is 0 Å². The van der Waals surface area contributed by atoms with Crippen molar-refractivity contribution < 1.29 is 0 Å². The Hall–Kier alpha value is -13.0. The molecule has 0 fully saturated rings. The summed E-state index contributed by atoms with van der Waals surface area (Å²) >= 11 is 0. The molecule has 462 valence electrons. The molecule has 1 aliphatic rings. The summed E-state index contributed by atoms with van der Waals surface area (Å²) < 4.78 is 12.3. The molecule has 0 spiro atoms. The Kier molecular flexibility index (Phi) is 12.0. The maximum absolute atomic E-state index is 2.56. The summed E-state index contributed by atoms with van der Waals surface area (Å²) in [6, 6.07) is 129. The Morgan fingerprint density at radius 3 is 0.960 bits per heavy atom. The zero-order valence-electron chi connectivity index (χ0n) is 54.1. The highest BCUT2D eigenvalue weighted by Gasteiger charge is 2.40. The number of hydrogen-bond donors (Lipinski definition) is 0. The van der Waals surface area contributed by atoms with Gasteiger partial charge in [0, 0.05) is 112 Å². The number of aromatic nitrogens is 5. The Bertz CT molecular complexity index is 6320. The molecule has 6 heterocycles. The minimum atomic E-state index is -0.231. The Morgan fingerprint density at radius 1 is 0.232 bits per heavy atom. The molecular weight excluding hydrogens is 1200 g/mol. The molecule has 8 heteroatoms. The van der Waals surface area contributed by atoms with E-state index in [2.05, 4.69) is 385 Å². The number of para-hydroxylation sites is 10. The van der Waals surface area contributed by atoms with Crippen molar-refractivity contribution in [3.63, 3.8) is 0 Å². The van der Waals surface area contributed by atoms with Crippen LogP contribution in [0.3, 0.4) is 0 Å². The van der Waals surface area contributed by atoms with E-state index in [0.29, 0.717) is 0 Å². The molecule has 0 saturated heterocycles. The Morgan fingerprint density at radius 2 is 0.545 bits per heavy atom. The largest absolute Gasteiger partial charge is 0.345 e. The third-order valence-corrected chi connectivity index (χ3v) is 21.3. The molecule has 0 bridgehead atoms. The van der Waals surface area contributed by atoms with Crippen LogP contribution in [0.5, 0.6) is 0 Å². The molecule has 0 saturated carbocycles. The van der Waals surface area contributed by atoms with Crippen LogP contribution in [0.15, 0.2) is 346 Å². The van der Waals surface area contributed by atoms with E-state index in [-0.39, 0.29) is 6.71 Å². The fourth-order valence-corrected chi connectivity index (χ4v) is 17.1. The van der Waals surface area contributed by atoms with E-state index in [1.54, 1.807) is 0 Å². The van der Waals surface area contributed by atoms with Gasteiger partial charge in [-0.15, -0.1) is 0 Å². The second-order valence-electron chi connectivity index (χ2n) is 26.4. The van der Waals surface area contributed by atoms with Crippen molar-refractivity contribution in [1.82, 2.24) is 22.8 Å². The first-order chi connectivity index (χ1) is 49.1. The van der Waals surface area contributed by atoms with E-state index < -0.39 is 0 Å². The first-order valence-electron chi connectivity index (χ1n) is 34.2. The highest BCUT2D eigenvalue weighted by atomic mass is 15.2. The lowest BCUT2D eigenvalue weighted by molar-refractivity contribution is 1.14. The summed E-state index contributed by atoms with van der Waals surface area (Å²) in [7, 11) is 2.25. The van der Waals surface area contributed by atoms with Gasteiger partial charge in [0.05, 0.1) is 60.9 Å². The summed E-state index contributed by atoms with van der Waals surface area (Å²) in [6.45, 7) is -0.231. The van der Waals surface area contributed by atoms with Gasteiger partial charge >= 0.3 is 0 Å². The average Bonchev–Trinajstić information content (AvgIpc) is 1.29. The second kappa shape index (κ2) is 21.5. The van der Waals surface area contributed by atoms with Crippen molar-refractivity contribution in [2.75, 3.05) is 16.8 Å². The van der Waals surface area contributed by atoms with Crippen LogP contribution in [-0.4, -0.2) is 36.6 Å². The lowest BCUT2D eigenvalue weighted by Gasteiger charge is -2.40. The monoisotopic (exact) mass is 1260 g/mol. The summed E-state index contributed by atoms with van der Waals surface area (Å²) in [6.07, 6.45) is 0. The number of hydrogen-bond acceptors (Lipinski definition) is 2. The SMILES string of the molecule is CN(c1ccccc1)c1cc(-n2c3ccccc3c3ccccc32)cc2c1B(c1ccc(-n3c4ccccc4c4ccccc43)cc1)c1ccc(-n3c4ccc(-n5c6ccccc6c6ccccc65)cc4c4cc(-n5c6ccccc6c6ccccc65)ccc43)cc1N2c1ccccc1. The van der Waals surface area contributed by atoms with Gasteiger partial charge in [-0.25, -0.2) is 0 Å².